The lowest BCUT2D eigenvalue weighted by Gasteiger charge is -2.19. The first-order valence-corrected chi connectivity index (χ1v) is 6.66. The van der Waals surface area contributed by atoms with E-state index < -0.39 is 5.92 Å². The summed E-state index contributed by atoms with van der Waals surface area (Å²) < 4.78 is 16.0. The summed E-state index contributed by atoms with van der Waals surface area (Å²) in [6, 6.07) is 7.24. The number of hydrogen-bond donors (Lipinski definition) is 0. The first-order chi connectivity index (χ1) is 9.76. The first-order valence-electron chi connectivity index (χ1n) is 6.66. The van der Waals surface area contributed by atoms with E-state index in [4.69, 9.17) is 14.2 Å². The van der Waals surface area contributed by atoms with Crippen LogP contribution in [0.3, 0.4) is 0 Å². The summed E-state index contributed by atoms with van der Waals surface area (Å²) in [5, 5.41) is 9.23. The van der Waals surface area contributed by atoms with Gasteiger partial charge in [-0.15, -0.1) is 0 Å². The first kappa shape index (κ1) is 14.4. The fourth-order valence-corrected chi connectivity index (χ4v) is 2.03. The largest absolute Gasteiger partial charge is 0.486 e. The molecule has 20 heavy (non-hydrogen) atoms. The number of benzene rings is 1. The number of carbonyl (C=O) groups excluding carboxylic acids is 1. The predicted octanol–water partition coefficient (Wildman–Crippen LogP) is 2.06. The Bertz CT molecular complexity index is 521. The van der Waals surface area contributed by atoms with E-state index in [1.54, 1.807) is 18.2 Å². The summed E-state index contributed by atoms with van der Waals surface area (Å²) in [4.78, 5) is 12.0. The van der Waals surface area contributed by atoms with E-state index in [1.165, 1.54) is 0 Å². The van der Waals surface area contributed by atoms with Crippen LogP contribution in [-0.2, 0) is 9.53 Å². The number of rotatable bonds is 6. The molecule has 1 aromatic rings. The normalized spacial score (nSPS) is 14.4. The van der Waals surface area contributed by atoms with Crippen LogP contribution in [0.2, 0.25) is 0 Å². The highest BCUT2D eigenvalue weighted by molar-refractivity contribution is 5.88. The van der Waals surface area contributed by atoms with Crippen LogP contribution in [0.25, 0.3) is 0 Å². The Hall–Kier alpha value is -2.06. The molecule has 5 nitrogen and oxygen atoms in total. The molecular weight excluding hydrogens is 258 g/mol. The van der Waals surface area contributed by atoms with Crippen LogP contribution in [0.15, 0.2) is 18.2 Å². The molecule has 0 saturated carbocycles. The maximum absolute atomic E-state index is 12.0. The third-order valence-electron chi connectivity index (χ3n) is 3.05. The third-order valence-corrected chi connectivity index (χ3v) is 3.05. The van der Waals surface area contributed by atoms with Crippen molar-refractivity contribution >= 4 is 5.78 Å². The van der Waals surface area contributed by atoms with Gasteiger partial charge in [0.05, 0.1) is 12.7 Å². The number of Topliss-reactive ketones (excluding diaryl/α,β-unsaturated/α-hetero) is 1. The van der Waals surface area contributed by atoms with Crippen molar-refractivity contribution in [2.75, 3.05) is 26.4 Å². The van der Waals surface area contributed by atoms with Crippen LogP contribution in [0.1, 0.15) is 24.8 Å². The van der Waals surface area contributed by atoms with Gasteiger partial charge in [-0.05, 0) is 24.6 Å². The molecule has 0 bridgehead atoms. The minimum Gasteiger partial charge on any atom is -0.486 e. The average Bonchev–Trinajstić information content (AvgIpc) is 2.48. The lowest BCUT2D eigenvalue weighted by Crippen LogP contribution is -2.17. The highest BCUT2D eigenvalue weighted by Gasteiger charge is 2.22. The second kappa shape index (κ2) is 6.92. The van der Waals surface area contributed by atoms with E-state index in [1.807, 2.05) is 6.92 Å². The second-order valence-electron chi connectivity index (χ2n) is 4.38. The molecule has 0 fully saturated rings. The molecule has 0 amide bonds. The van der Waals surface area contributed by atoms with Crippen LogP contribution in [-0.4, -0.2) is 32.2 Å². The smallest absolute Gasteiger partial charge is 0.161 e. The van der Waals surface area contributed by atoms with Crippen LogP contribution < -0.4 is 9.47 Å². The Morgan fingerprint density at radius 2 is 2.15 bits per heavy atom. The lowest BCUT2D eigenvalue weighted by atomic mass is 9.94. The number of nitrogens with zero attached hydrogens (tertiary/aromatic N) is 1. The van der Waals surface area contributed by atoms with Crippen molar-refractivity contribution in [2.24, 2.45) is 0 Å². The monoisotopic (exact) mass is 275 g/mol. The van der Waals surface area contributed by atoms with Gasteiger partial charge < -0.3 is 14.2 Å². The molecule has 0 saturated heterocycles. The number of carbonyl (C=O) groups is 1. The molecular formula is C15H17NO4. The van der Waals surface area contributed by atoms with Gasteiger partial charge in [0.2, 0.25) is 0 Å². The second-order valence-corrected chi connectivity index (χ2v) is 4.38. The molecule has 1 aliphatic heterocycles. The van der Waals surface area contributed by atoms with E-state index in [9.17, 15) is 10.1 Å². The predicted molar refractivity (Wildman–Crippen MR) is 71.9 cm³/mol. The van der Waals surface area contributed by atoms with E-state index in [-0.39, 0.29) is 12.2 Å². The Morgan fingerprint density at radius 1 is 1.40 bits per heavy atom. The van der Waals surface area contributed by atoms with Gasteiger partial charge in [0.15, 0.2) is 17.3 Å². The molecule has 1 atom stereocenters. The zero-order valence-electron chi connectivity index (χ0n) is 11.4. The number of ether oxygens (including phenoxy) is 3. The van der Waals surface area contributed by atoms with Gasteiger partial charge in [-0.25, -0.2) is 0 Å². The molecule has 0 spiro atoms. The molecule has 1 heterocycles. The van der Waals surface area contributed by atoms with Gasteiger partial charge in [-0.1, -0.05) is 6.07 Å². The Labute approximate surface area is 118 Å². The minimum absolute atomic E-state index is 0.141. The molecule has 5 heteroatoms. The Morgan fingerprint density at radius 3 is 2.85 bits per heavy atom. The minimum atomic E-state index is -0.786. The van der Waals surface area contributed by atoms with Crippen molar-refractivity contribution < 1.29 is 19.0 Å². The third kappa shape index (κ3) is 3.28. The molecule has 1 unspecified atom stereocenters. The number of fused-ring (bicyclic) bond motifs is 1. The van der Waals surface area contributed by atoms with Gasteiger partial charge in [0.25, 0.3) is 0 Å². The maximum Gasteiger partial charge on any atom is 0.161 e. The van der Waals surface area contributed by atoms with Gasteiger partial charge >= 0.3 is 0 Å². The summed E-state index contributed by atoms with van der Waals surface area (Å²) in [6.45, 7) is 3.77. The van der Waals surface area contributed by atoms with Crippen LogP contribution in [0.4, 0.5) is 0 Å². The van der Waals surface area contributed by atoms with E-state index in [0.29, 0.717) is 43.5 Å². The van der Waals surface area contributed by atoms with Gasteiger partial charge in [0.1, 0.15) is 19.1 Å². The van der Waals surface area contributed by atoms with E-state index in [0.717, 1.165) is 0 Å². The van der Waals surface area contributed by atoms with Crippen molar-refractivity contribution in [1.29, 1.82) is 5.26 Å². The van der Waals surface area contributed by atoms with E-state index in [2.05, 4.69) is 6.07 Å². The molecule has 0 aromatic heterocycles. The molecule has 106 valence electrons. The fourth-order valence-electron chi connectivity index (χ4n) is 2.03. The van der Waals surface area contributed by atoms with Crippen molar-refractivity contribution in [3.8, 4) is 17.6 Å². The van der Waals surface area contributed by atoms with Crippen molar-refractivity contribution in [1.82, 2.24) is 0 Å². The fraction of sp³-hybridized carbons (Fsp3) is 0.467. The van der Waals surface area contributed by atoms with Gasteiger partial charge in [0, 0.05) is 13.0 Å². The number of nitriles is 1. The zero-order chi connectivity index (χ0) is 14.4. The molecule has 0 radical (unpaired) electrons. The highest BCUT2D eigenvalue weighted by Crippen LogP contribution is 2.33. The van der Waals surface area contributed by atoms with Crippen LogP contribution >= 0.6 is 0 Å². The van der Waals surface area contributed by atoms with Crippen LogP contribution in [0, 0.1) is 11.3 Å². The van der Waals surface area contributed by atoms with Gasteiger partial charge in [-0.2, -0.15) is 5.26 Å². The topological polar surface area (TPSA) is 68.6 Å². The number of ketones is 1. The lowest BCUT2D eigenvalue weighted by molar-refractivity contribution is -0.120. The van der Waals surface area contributed by atoms with Crippen molar-refractivity contribution in [2.45, 2.75) is 19.3 Å². The summed E-state index contributed by atoms with van der Waals surface area (Å²) in [5.41, 5.74) is 0.637. The Kier molecular flexibility index (Phi) is 4.97. The Balaban J connectivity index is 2.11. The highest BCUT2D eigenvalue weighted by atomic mass is 16.6. The molecule has 1 aliphatic rings. The molecule has 0 N–H and O–H groups in total. The summed E-state index contributed by atoms with van der Waals surface area (Å²) in [6.07, 6.45) is 0.237. The zero-order valence-corrected chi connectivity index (χ0v) is 11.4. The average molecular weight is 275 g/mol. The summed E-state index contributed by atoms with van der Waals surface area (Å²) >= 11 is 0. The van der Waals surface area contributed by atoms with Crippen molar-refractivity contribution in [3.05, 3.63) is 23.8 Å². The molecule has 1 aromatic carbocycles. The summed E-state index contributed by atoms with van der Waals surface area (Å²) in [5.74, 6) is 0.314. The molecule has 0 aliphatic carbocycles. The quantitative estimate of drug-likeness (QED) is 0.743. The van der Waals surface area contributed by atoms with E-state index >= 15 is 0 Å². The standard InChI is InChI=1S/C15H17NO4/c1-2-18-6-5-13(17)12(10-16)11-3-4-14-15(9-11)20-8-7-19-14/h3-4,9,12H,2,5-8H2,1H3. The van der Waals surface area contributed by atoms with Gasteiger partial charge in [-0.3, -0.25) is 4.79 Å². The maximum atomic E-state index is 12.0. The number of hydrogen-bond acceptors (Lipinski definition) is 5. The summed E-state index contributed by atoms with van der Waals surface area (Å²) in [7, 11) is 0. The van der Waals surface area contributed by atoms with Crippen molar-refractivity contribution in [3.63, 3.8) is 0 Å². The molecule has 2 rings (SSSR count). The SMILES string of the molecule is CCOCCC(=O)C(C#N)c1ccc2c(c1)OCCO2. The van der Waals surface area contributed by atoms with Crippen LogP contribution in [0.5, 0.6) is 11.5 Å².